The third-order valence-electron chi connectivity index (χ3n) is 5.23. The maximum atomic E-state index is 13.0. The van der Waals surface area contributed by atoms with E-state index in [0.717, 1.165) is 22.4 Å². The Morgan fingerprint density at radius 2 is 1.97 bits per heavy atom. The molecule has 1 aromatic heterocycles. The van der Waals surface area contributed by atoms with Crippen molar-refractivity contribution in [3.8, 4) is 0 Å². The van der Waals surface area contributed by atoms with Gasteiger partial charge < -0.3 is 10.3 Å². The third-order valence-corrected chi connectivity index (χ3v) is 7.16. The van der Waals surface area contributed by atoms with Crippen molar-refractivity contribution in [2.45, 2.75) is 37.1 Å². The van der Waals surface area contributed by atoms with Gasteiger partial charge in [0.2, 0.25) is 15.9 Å². The van der Waals surface area contributed by atoms with E-state index in [9.17, 15) is 13.2 Å². The second kappa shape index (κ2) is 7.96. The van der Waals surface area contributed by atoms with Crippen LogP contribution in [-0.2, 0) is 21.2 Å². The summed E-state index contributed by atoms with van der Waals surface area (Å²) in [5, 5.41) is 2.88. The van der Waals surface area contributed by atoms with E-state index in [0.29, 0.717) is 32.4 Å². The monoisotopic (exact) mass is 412 g/mol. The number of amides is 1. The Balaban J connectivity index is 1.40. The smallest absolute Gasteiger partial charge is 0.243 e. The van der Waals surface area contributed by atoms with Crippen LogP contribution in [0.1, 0.15) is 24.2 Å². The standard InChI is InChI=1S/C21H24N4O3S/c1-15-8-10-16(11-9-15)29(27,28)25-14-4-7-19(25)21(26)22-13-12-20-23-17-5-2-3-6-18(17)24-20/h2-3,5-6,8-11,19H,4,7,12-14H2,1H3,(H,22,26)(H,23,24)/t19-/m1/s1. The highest BCUT2D eigenvalue weighted by Gasteiger charge is 2.39. The van der Waals surface area contributed by atoms with E-state index in [2.05, 4.69) is 15.3 Å². The van der Waals surface area contributed by atoms with Crippen LogP contribution in [0.5, 0.6) is 0 Å². The highest BCUT2D eigenvalue weighted by molar-refractivity contribution is 7.89. The lowest BCUT2D eigenvalue weighted by Gasteiger charge is -2.23. The lowest BCUT2D eigenvalue weighted by molar-refractivity contribution is -0.124. The van der Waals surface area contributed by atoms with Crippen LogP contribution < -0.4 is 5.32 Å². The normalized spacial score (nSPS) is 17.6. The maximum Gasteiger partial charge on any atom is 0.243 e. The zero-order valence-electron chi connectivity index (χ0n) is 16.3. The number of fused-ring (bicyclic) bond motifs is 1. The number of aromatic nitrogens is 2. The molecule has 1 aliphatic heterocycles. The zero-order chi connectivity index (χ0) is 20.4. The molecule has 1 aliphatic rings. The predicted octanol–water partition coefficient (Wildman–Crippen LogP) is 2.38. The van der Waals surface area contributed by atoms with Crippen LogP contribution in [0.2, 0.25) is 0 Å². The molecule has 7 nitrogen and oxygen atoms in total. The van der Waals surface area contributed by atoms with Crippen molar-refractivity contribution in [2.75, 3.05) is 13.1 Å². The molecule has 4 rings (SSSR count). The summed E-state index contributed by atoms with van der Waals surface area (Å²) in [4.78, 5) is 20.7. The van der Waals surface area contributed by atoms with Crippen LogP contribution in [0.25, 0.3) is 11.0 Å². The molecule has 1 saturated heterocycles. The van der Waals surface area contributed by atoms with Gasteiger partial charge in [0, 0.05) is 19.5 Å². The van der Waals surface area contributed by atoms with E-state index >= 15 is 0 Å². The maximum absolute atomic E-state index is 13.0. The minimum Gasteiger partial charge on any atom is -0.354 e. The number of imidazole rings is 1. The van der Waals surface area contributed by atoms with E-state index in [1.165, 1.54) is 4.31 Å². The van der Waals surface area contributed by atoms with Crippen molar-refractivity contribution < 1.29 is 13.2 Å². The molecule has 0 aliphatic carbocycles. The van der Waals surface area contributed by atoms with Gasteiger partial charge in [-0.1, -0.05) is 29.8 Å². The Labute approximate surface area is 170 Å². The van der Waals surface area contributed by atoms with Gasteiger partial charge in [0.1, 0.15) is 11.9 Å². The van der Waals surface area contributed by atoms with E-state index in [-0.39, 0.29) is 10.8 Å². The van der Waals surface area contributed by atoms with Crippen molar-refractivity contribution in [1.29, 1.82) is 0 Å². The van der Waals surface area contributed by atoms with E-state index in [4.69, 9.17) is 0 Å². The summed E-state index contributed by atoms with van der Waals surface area (Å²) < 4.78 is 27.3. The predicted molar refractivity (Wildman–Crippen MR) is 111 cm³/mol. The molecule has 0 radical (unpaired) electrons. The van der Waals surface area contributed by atoms with Crippen molar-refractivity contribution in [3.05, 3.63) is 59.9 Å². The Morgan fingerprint density at radius 1 is 1.21 bits per heavy atom. The molecule has 3 aromatic rings. The number of carbonyl (C=O) groups excluding carboxylic acids is 1. The number of benzene rings is 2. The van der Waals surface area contributed by atoms with Crippen LogP contribution in [0.4, 0.5) is 0 Å². The lowest BCUT2D eigenvalue weighted by atomic mass is 10.2. The van der Waals surface area contributed by atoms with Gasteiger partial charge in [0.05, 0.1) is 15.9 Å². The number of hydrogen-bond acceptors (Lipinski definition) is 4. The first-order chi connectivity index (χ1) is 13.9. The molecule has 8 heteroatoms. The molecular formula is C21H24N4O3S. The Bertz CT molecular complexity index is 1090. The first-order valence-electron chi connectivity index (χ1n) is 9.75. The molecule has 1 amide bonds. The number of aryl methyl sites for hydroxylation is 1. The number of nitrogens with one attached hydrogen (secondary N) is 2. The fraction of sp³-hybridized carbons (Fsp3) is 0.333. The Kier molecular flexibility index (Phi) is 5.38. The average molecular weight is 413 g/mol. The number of hydrogen-bond donors (Lipinski definition) is 2. The summed E-state index contributed by atoms with van der Waals surface area (Å²) in [7, 11) is -3.69. The fourth-order valence-corrected chi connectivity index (χ4v) is 5.34. The van der Waals surface area contributed by atoms with Crippen LogP contribution in [0.3, 0.4) is 0 Å². The van der Waals surface area contributed by atoms with Gasteiger partial charge in [-0.25, -0.2) is 13.4 Å². The quantitative estimate of drug-likeness (QED) is 0.650. The highest BCUT2D eigenvalue weighted by Crippen LogP contribution is 2.26. The number of rotatable bonds is 6. The van der Waals surface area contributed by atoms with Gasteiger partial charge in [-0.2, -0.15) is 4.31 Å². The summed E-state index contributed by atoms with van der Waals surface area (Å²) >= 11 is 0. The molecule has 152 valence electrons. The Hall–Kier alpha value is -2.71. The van der Waals surface area contributed by atoms with Crippen molar-refractivity contribution >= 4 is 27.0 Å². The molecular weight excluding hydrogens is 388 g/mol. The molecule has 0 unspecified atom stereocenters. The van der Waals surface area contributed by atoms with E-state index < -0.39 is 16.1 Å². The van der Waals surface area contributed by atoms with Gasteiger partial charge in [-0.05, 0) is 44.0 Å². The van der Waals surface area contributed by atoms with Gasteiger partial charge in [-0.15, -0.1) is 0 Å². The summed E-state index contributed by atoms with van der Waals surface area (Å²) in [6.07, 6.45) is 1.76. The molecule has 2 N–H and O–H groups in total. The fourth-order valence-electron chi connectivity index (χ4n) is 3.68. The number of aromatic amines is 1. The molecule has 0 spiro atoms. The van der Waals surface area contributed by atoms with E-state index in [1.54, 1.807) is 24.3 Å². The van der Waals surface area contributed by atoms with Crippen LogP contribution >= 0.6 is 0 Å². The molecule has 2 heterocycles. The number of para-hydroxylation sites is 2. The van der Waals surface area contributed by atoms with Crippen LogP contribution in [-0.4, -0.2) is 47.7 Å². The number of sulfonamides is 1. The Morgan fingerprint density at radius 3 is 2.72 bits per heavy atom. The molecule has 1 fully saturated rings. The minimum atomic E-state index is -3.69. The second-order valence-corrected chi connectivity index (χ2v) is 9.22. The van der Waals surface area contributed by atoms with Crippen molar-refractivity contribution in [3.63, 3.8) is 0 Å². The van der Waals surface area contributed by atoms with Gasteiger partial charge in [-0.3, -0.25) is 4.79 Å². The summed E-state index contributed by atoms with van der Waals surface area (Å²) in [5.74, 6) is 0.538. The summed E-state index contributed by atoms with van der Waals surface area (Å²) in [6.45, 7) is 2.66. The molecule has 29 heavy (non-hydrogen) atoms. The van der Waals surface area contributed by atoms with E-state index in [1.807, 2.05) is 31.2 Å². The number of H-pyrrole nitrogens is 1. The number of nitrogens with zero attached hydrogens (tertiary/aromatic N) is 2. The zero-order valence-corrected chi connectivity index (χ0v) is 17.1. The topological polar surface area (TPSA) is 95.2 Å². The van der Waals surface area contributed by atoms with Crippen molar-refractivity contribution in [2.24, 2.45) is 0 Å². The summed E-state index contributed by atoms with van der Waals surface area (Å²) in [6, 6.07) is 13.8. The van der Waals surface area contributed by atoms with Crippen molar-refractivity contribution in [1.82, 2.24) is 19.6 Å². The SMILES string of the molecule is Cc1ccc(S(=O)(=O)N2CCC[C@@H]2C(=O)NCCc2nc3ccccc3[nH]2)cc1. The van der Waals surface area contributed by atoms with Gasteiger partial charge >= 0.3 is 0 Å². The molecule has 1 atom stereocenters. The lowest BCUT2D eigenvalue weighted by Crippen LogP contribution is -2.46. The van der Waals surface area contributed by atoms with Gasteiger partial charge in [0.15, 0.2) is 0 Å². The first kappa shape index (κ1) is 19.6. The van der Waals surface area contributed by atoms with Crippen LogP contribution in [0.15, 0.2) is 53.4 Å². The molecule has 2 aromatic carbocycles. The highest BCUT2D eigenvalue weighted by atomic mass is 32.2. The summed E-state index contributed by atoms with van der Waals surface area (Å²) in [5.41, 5.74) is 2.84. The average Bonchev–Trinajstić information content (AvgIpc) is 3.35. The van der Waals surface area contributed by atoms with Gasteiger partial charge in [0.25, 0.3) is 0 Å². The third kappa shape index (κ3) is 4.04. The molecule has 0 bridgehead atoms. The second-order valence-electron chi connectivity index (χ2n) is 7.33. The molecule has 0 saturated carbocycles. The minimum absolute atomic E-state index is 0.227. The first-order valence-corrected chi connectivity index (χ1v) is 11.2. The van der Waals surface area contributed by atoms with Crippen LogP contribution in [0, 0.1) is 6.92 Å². The largest absolute Gasteiger partial charge is 0.354 e. The number of carbonyl (C=O) groups is 1.